The van der Waals surface area contributed by atoms with Crippen molar-refractivity contribution in [3.8, 4) is 0 Å². The van der Waals surface area contributed by atoms with Crippen molar-refractivity contribution >= 4 is 18.7 Å². The molecular formula is C9H15NO4. The first-order valence-corrected chi connectivity index (χ1v) is 4.44. The maximum Gasteiger partial charge on any atom is 0.307 e. The van der Waals surface area contributed by atoms with Gasteiger partial charge in [-0.05, 0) is 6.72 Å². The van der Waals surface area contributed by atoms with Crippen molar-refractivity contribution < 1.29 is 19.1 Å². The zero-order valence-corrected chi connectivity index (χ0v) is 8.32. The van der Waals surface area contributed by atoms with E-state index in [1.807, 2.05) is 0 Å². The summed E-state index contributed by atoms with van der Waals surface area (Å²) in [6, 6.07) is 0. The molecule has 14 heavy (non-hydrogen) atoms. The smallest absolute Gasteiger partial charge is 0.307 e. The van der Waals surface area contributed by atoms with Crippen molar-refractivity contribution in [2.45, 2.75) is 19.8 Å². The molecule has 0 aliphatic carbocycles. The first-order chi connectivity index (χ1) is 6.70. The van der Waals surface area contributed by atoms with Crippen LogP contribution in [0.1, 0.15) is 19.8 Å². The molecule has 0 unspecified atom stereocenters. The number of hydrogen-bond acceptors (Lipinski definition) is 5. The van der Waals surface area contributed by atoms with Gasteiger partial charge in [0.25, 0.3) is 0 Å². The second-order valence-electron chi connectivity index (χ2n) is 2.49. The van der Waals surface area contributed by atoms with E-state index in [0.717, 1.165) is 0 Å². The van der Waals surface area contributed by atoms with Crippen LogP contribution in [0.5, 0.6) is 0 Å². The lowest BCUT2D eigenvalue weighted by Gasteiger charge is -2.04. The molecule has 5 nitrogen and oxygen atoms in total. The number of carbonyl (C=O) groups excluding carboxylic acids is 2. The van der Waals surface area contributed by atoms with Crippen LogP contribution in [0.2, 0.25) is 0 Å². The van der Waals surface area contributed by atoms with Crippen LogP contribution in [0, 0.1) is 0 Å². The van der Waals surface area contributed by atoms with Gasteiger partial charge < -0.3 is 14.5 Å². The molecule has 0 radical (unpaired) electrons. The minimum absolute atomic E-state index is 0.0989. The lowest BCUT2D eigenvalue weighted by atomic mass is 10.4. The molecule has 0 saturated carbocycles. The fourth-order valence-electron chi connectivity index (χ4n) is 0.656. The number of rotatable bonds is 7. The summed E-state index contributed by atoms with van der Waals surface area (Å²) < 4.78 is 9.43. The molecule has 0 amide bonds. The van der Waals surface area contributed by atoms with E-state index in [-0.39, 0.29) is 31.6 Å². The highest BCUT2D eigenvalue weighted by Crippen LogP contribution is 1.89. The summed E-state index contributed by atoms with van der Waals surface area (Å²) >= 11 is 0. The number of hydrogen-bond donors (Lipinski definition) is 0. The van der Waals surface area contributed by atoms with Gasteiger partial charge in [0.2, 0.25) is 0 Å². The number of aliphatic imine (C=N–C) groups is 1. The lowest BCUT2D eigenvalue weighted by Crippen LogP contribution is -2.13. The molecule has 0 heterocycles. The quantitative estimate of drug-likeness (QED) is 0.343. The summed E-state index contributed by atoms with van der Waals surface area (Å²) in [5, 5.41) is 0. The van der Waals surface area contributed by atoms with Crippen LogP contribution in [0.3, 0.4) is 0 Å². The second-order valence-corrected chi connectivity index (χ2v) is 2.49. The molecule has 0 saturated heterocycles. The van der Waals surface area contributed by atoms with Crippen LogP contribution in [0.4, 0.5) is 0 Å². The van der Waals surface area contributed by atoms with E-state index in [0.29, 0.717) is 13.0 Å². The highest BCUT2D eigenvalue weighted by atomic mass is 16.6. The van der Waals surface area contributed by atoms with E-state index >= 15 is 0 Å². The predicted molar refractivity (Wildman–Crippen MR) is 51.2 cm³/mol. The van der Waals surface area contributed by atoms with E-state index < -0.39 is 0 Å². The van der Waals surface area contributed by atoms with Gasteiger partial charge in [0.1, 0.15) is 13.2 Å². The Hall–Kier alpha value is -1.39. The van der Waals surface area contributed by atoms with E-state index in [1.165, 1.54) is 0 Å². The van der Waals surface area contributed by atoms with Crippen LogP contribution >= 0.6 is 0 Å². The fourth-order valence-corrected chi connectivity index (χ4v) is 0.656. The zero-order chi connectivity index (χ0) is 10.8. The third kappa shape index (κ3) is 7.27. The Balaban J connectivity index is 3.31. The van der Waals surface area contributed by atoms with E-state index in [1.54, 1.807) is 6.92 Å². The SMILES string of the molecule is C=NCCC(=O)OCCOC(=O)CC. The lowest BCUT2D eigenvalue weighted by molar-refractivity contribution is -0.151. The molecule has 0 bridgehead atoms. The Kier molecular flexibility index (Phi) is 7.40. The highest BCUT2D eigenvalue weighted by molar-refractivity contribution is 5.70. The number of esters is 2. The average molecular weight is 201 g/mol. The maximum atomic E-state index is 10.9. The first-order valence-electron chi connectivity index (χ1n) is 4.44. The van der Waals surface area contributed by atoms with Gasteiger partial charge in [-0.2, -0.15) is 0 Å². The van der Waals surface area contributed by atoms with Gasteiger partial charge in [0.05, 0.1) is 6.42 Å². The molecule has 0 aromatic heterocycles. The number of carbonyl (C=O) groups is 2. The van der Waals surface area contributed by atoms with Crippen molar-refractivity contribution in [3.63, 3.8) is 0 Å². The van der Waals surface area contributed by atoms with E-state index in [4.69, 9.17) is 9.47 Å². The number of nitrogens with zero attached hydrogens (tertiary/aromatic N) is 1. The molecule has 0 rings (SSSR count). The first kappa shape index (κ1) is 12.6. The summed E-state index contributed by atoms with van der Waals surface area (Å²) in [6.45, 7) is 5.50. The van der Waals surface area contributed by atoms with Crippen molar-refractivity contribution in [1.29, 1.82) is 0 Å². The monoisotopic (exact) mass is 201 g/mol. The molecule has 5 heteroatoms. The molecule has 0 N–H and O–H groups in total. The summed E-state index contributed by atoms with van der Waals surface area (Å²) in [6.07, 6.45) is 0.541. The summed E-state index contributed by atoms with van der Waals surface area (Å²) in [5.41, 5.74) is 0. The van der Waals surface area contributed by atoms with Crippen LogP contribution in [0.25, 0.3) is 0 Å². The van der Waals surface area contributed by atoms with Gasteiger partial charge in [-0.1, -0.05) is 6.92 Å². The molecule has 80 valence electrons. The molecule has 0 aliphatic rings. The number of ether oxygens (including phenoxy) is 2. The maximum absolute atomic E-state index is 10.9. The van der Waals surface area contributed by atoms with Crippen LogP contribution in [-0.2, 0) is 19.1 Å². The average Bonchev–Trinajstić information content (AvgIpc) is 2.21. The van der Waals surface area contributed by atoms with E-state index in [9.17, 15) is 9.59 Å². The third-order valence-electron chi connectivity index (χ3n) is 1.37. The normalized spacial score (nSPS) is 9.21. The Morgan fingerprint density at radius 1 is 1.21 bits per heavy atom. The zero-order valence-electron chi connectivity index (χ0n) is 8.32. The standard InChI is InChI=1S/C9H15NO4/c1-3-8(11)13-6-7-14-9(12)4-5-10-2/h2-7H2,1H3. The van der Waals surface area contributed by atoms with Crippen LogP contribution < -0.4 is 0 Å². The van der Waals surface area contributed by atoms with Gasteiger partial charge in [-0.3, -0.25) is 9.59 Å². The molecule has 0 spiro atoms. The van der Waals surface area contributed by atoms with Crippen LogP contribution in [0.15, 0.2) is 4.99 Å². The van der Waals surface area contributed by atoms with Crippen molar-refractivity contribution in [1.82, 2.24) is 0 Å². The Bertz CT molecular complexity index is 203. The topological polar surface area (TPSA) is 65.0 Å². The Labute approximate surface area is 83.1 Å². The second kappa shape index (κ2) is 8.22. The minimum atomic E-state index is -0.357. The molecule has 0 aromatic carbocycles. The van der Waals surface area contributed by atoms with Gasteiger partial charge >= 0.3 is 11.9 Å². The van der Waals surface area contributed by atoms with Gasteiger partial charge in [-0.25, -0.2) is 0 Å². The minimum Gasteiger partial charge on any atom is -0.462 e. The summed E-state index contributed by atoms with van der Waals surface area (Å²) in [5.74, 6) is -0.654. The van der Waals surface area contributed by atoms with Gasteiger partial charge in [-0.15, -0.1) is 0 Å². The molecular weight excluding hydrogens is 186 g/mol. The fraction of sp³-hybridized carbons (Fsp3) is 0.667. The van der Waals surface area contributed by atoms with E-state index in [2.05, 4.69) is 11.7 Å². The van der Waals surface area contributed by atoms with Gasteiger partial charge in [0.15, 0.2) is 0 Å². The Morgan fingerprint density at radius 3 is 2.29 bits per heavy atom. The van der Waals surface area contributed by atoms with Crippen molar-refractivity contribution in [2.24, 2.45) is 4.99 Å². The summed E-state index contributed by atoms with van der Waals surface area (Å²) in [4.78, 5) is 25.0. The van der Waals surface area contributed by atoms with Crippen LogP contribution in [-0.4, -0.2) is 38.4 Å². The third-order valence-corrected chi connectivity index (χ3v) is 1.37. The van der Waals surface area contributed by atoms with Crippen molar-refractivity contribution in [2.75, 3.05) is 19.8 Å². The predicted octanol–water partition coefficient (Wildman–Crippen LogP) is 0.573. The van der Waals surface area contributed by atoms with Crippen molar-refractivity contribution in [3.05, 3.63) is 0 Å². The Morgan fingerprint density at radius 2 is 1.79 bits per heavy atom. The highest BCUT2D eigenvalue weighted by Gasteiger charge is 2.02. The molecule has 0 fully saturated rings. The largest absolute Gasteiger partial charge is 0.462 e. The molecule has 0 aliphatic heterocycles. The molecule has 0 atom stereocenters. The molecule has 0 aromatic rings. The van der Waals surface area contributed by atoms with Gasteiger partial charge in [0, 0.05) is 13.0 Å². The summed E-state index contributed by atoms with van der Waals surface area (Å²) in [7, 11) is 0.